The Morgan fingerprint density at radius 2 is 2.09 bits per heavy atom. The van der Waals surface area contributed by atoms with Crippen LogP contribution in [0.15, 0.2) is 30.6 Å². The number of benzene rings is 1. The molecule has 1 aromatic carbocycles. The molecule has 0 aliphatic carbocycles. The van der Waals surface area contributed by atoms with Crippen LogP contribution in [0.5, 0.6) is 5.75 Å². The molecule has 1 amide bonds. The van der Waals surface area contributed by atoms with E-state index in [-0.39, 0.29) is 42.1 Å². The topological polar surface area (TPSA) is 76.8 Å². The van der Waals surface area contributed by atoms with Crippen molar-refractivity contribution in [2.45, 2.75) is 58.0 Å². The fourth-order valence-electron chi connectivity index (χ4n) is 5.59. The van der Waals surface area contributed by atoms with Crippen LogP contribution in [-0.2, 0) is 22.7 Å². The average molecular weight is 460 g/mol. The van der Waals surface area contributed by atoms with Gasteiger partial charge in [0.1, 0.15) is 30.3 Å². The smallest absolute Gasteiger partial charge is 0.242 e. The first-order valence-electron chi connectivity index (χ1n) is 11.3. The number of hydrogen-bond donors (Lipinski definition) is 1. The number of amides is 1. The van der Waals surface area contributed by atoms with E-state index in [4.69, 9.17) is 21.1 Å². The summed E-state index contributed by atoms with van der Waals surface area (Å²) in [4.78, 5) is 18.8. The van der Waals surface area contributed by atoms with Crippen LogP contribution >= 0.6 is 11.6 Å². The van der Waals surface area contributed by atoms with Gasteiger partial charge in [0.05, 0.1) is 12.7 Å². The van der Waals surface area contributed by atoms with Gasteiger partial charge in [-0.05, 0) is 56.7 Å². The number of carbonyl (C=O) groups excluding carboxylic acids is 1. The van der Waals surface area contributed by atoms with Gasteiger partial charge in [0, 0.05) is 42.0 Å². The zero-order valence-corrected chi connectivity index (χ0v) is 19.3. The Hall–Kier alpha value is -2.09. The molecule has 2 saturated heterocycles. The van der Waals surface area contributed by atoms with Crippen LogP contribution in [0.1, 0.15) is 50.6 Å². The van der Waals surface area contributed by atoms with Gasteiger partial charge in [-0.1, -0.05) is 11.6 Å². The highest BCUT2D eigenvalue weighted by Crippen LogP contribution is 2.55. The van der Waals surface area contributed by atoms with Crippen molar-refractivity contribution in [1.82, 2.24) is 14.5 Å². The fourth-order valence-corrected chi connectivity index (χ4v) is 5.77. The lowest BCUT2D eigenvalue weighted by Crippen LogP contribution is -2.54. The lowest BCUT2D eigenvalue weighted by Gasteiger charge is -2.54. The molecule has 1 N–H and O–H groups in total. The Bertz CT molecular complexity index is 1010. The van der Waals surface area contributed by atoms with Crippen molar-refractivity contribution >= 4 is 17.5 Å². The quantitative estimate of drug-likeness (QED) is 0.759. The summed E-state index contributed by atoms with van der Waals surface area (Å²) >= 11 is 6.27. The number of imidazole rings is 1. The number of aromatic nitrogens is 2. The van der Waals surface area contributed by atoms with Gasteiger partial charge in [0.25, 0.3) is 0 Å². The highest BCUT2D eigenvalue weighted by atomic mass is 35.5. The van der Waals surface area contributed by atoms with Crippen LogP contribution in [0.2, 0.25) is 5.02 Å². The maximum Gasteiger partial charge on any atom is 0.242 e. The van der Waals surface area contributed by atoms with E-state index >= 15 is 0 Å². The van der Waals surface area contributed by atoms with Crippen LogP contribution in [0.25, 0.3) is 0 Å². The predicted octanol–water partition coefficient (Wildman–Crippen LogP) is 3.59. The van der Waals surface area contributed by atoms with Crippen LogP contribution in [0.4, 0.5) is 0 Å². The third kappa shape index (κ3) is 3.80. The van der Waals surface area contributed by atoms with Crippen LogP contribution in [0, 0.1) is 11.3 Å². The number of fused-ring (bicyclic) bond motifs is 3. The summed E-state index contributed by atoms with van der Waals surface area (Å²) < 4.78 is 14.6. The Morgan fingerprint density at radius 3 is 2.84 bits per heavy atom. The minimum atomic E-state index is -0.339. The molecule has 4 heterocycles. The number of halogens is 1. The molecule has 3 aliphatic rings. The summed E-state index contributed by atoms with van der Waals surface area (Å²) in [6, 6.07) is 5.77. The normalized spacial score (nSPS) is 25.7. The van der Waals surface area contributed by atoms with Gasteiger partial charge in [0.2, 0.25) is 5.91 Å². The molecular weight excluding hydrogens is 430 g/mol. The highest BCUT2D eigenvalue weighted by molar-refractivity contribution is 6.30. The largest absolute Gasteiger partial charge is 0.487 e. The van der Waals surface area contributed by atoms with Crippen LogP contribution in [-0.4, -0.2) is 50.8 Å². The molecule has 1 aromatic heterocycles. The van der Waals surface area contributed by atoms with Gasteiger partial charge >= 0.3 is 0 Å². The molecule has 32 heavy (non-hydrogen) atoms. The standard InChI is InChI=1S/C24H30ClN3O4/c1-23(2)18-12-24(15-31-22(18)17-11-16(25)3-4-19(17)32-23)5-8-27(9-6-24)21(30)13-28-10-7-26-20(28)14-29/h3-4,7,10-11,18,22,29H,5-6,8-9,12-15H2,1-2H3. The summed E-state index contributed by atoms with van der Waals surface area (Å²) in [5, 5.41) is 10.1. The number of ether oxygens (including phenoxy) is 2. The molecule has 0 bridgehead atoms. The van der Waals surface area contributed by atoms with Crippen molar-refractivity contribution in [3.8, 4) is 5.75 Å². The number of rotatable bonds is 3. The summed E-state index contributed by atoms with van der Waals surface area (Å²) in [5.74, 6) is 1.66. The minimum absolute atomic E-state index is 0.0177. The van der Waals surface area contributed by atoms with Crippen LogP contribution in [0.3, 0.4) is 0 Å². The second-order valence-corrected chi connectivity index (χ2v) is 10.4. The van der Waals surface area contributed by atoms with Gasteiger partial charge in [-0.2, -0.15) is 0 Å². The van der Waals surface area contributed by atoms with Gasteiger partial charge in [-0.3, -0.25) is 4.79 Å². The Morgan fingerprint density at radius 1 is 1.31 bits per heavy atom. The first-order chi connectivity index (χ1) is 15.3. The molecular formula is C24H30ClN3O4. The number of hydrogen-bond acceptors (Lipinski definition) is 5. The predicted molar refractivity (Wildman–Crippen MR) is 119 cm³/mol. The van der Waals surface area contributed by atoms with E-state index in [1.807, 2.05) is 23.1 Å². The minimum Gasteiger partial charge on any atom is -0.487 e. The van der Waals surface area contributed by atoms with Gasteiger partial charge < -0.3 is 24.0 Å². The first kappa shape index (κ1) is 21.7. The van der Waals surface area contributed by atoms with E-state index in [1.54, 1.807) is 17.0 Å². The van der Waals surface area contributed by atoms with E-state index in [0.29, 0.717) is 30.5 Å². The third-order valence-corrected chi connectivity index (χ3v) is 7.79. The van der Waals surface area contributed by atoms with E-state index in [1.165, 1.54) is 0 Å². The molecule has 7 nitrogen and oxygen atoms in total. The number of aliphatic hydroxyl groups is 1. The molecule has 3 aliphatic heterocycles. The van der Waals surface area contributed by atoms with Crippen molar-refractivity contribution in [1.29, 1.82) is 0 Å². The number of likely N-dealkylation sites (tertiary alicyclic amines) is 1. The lowest BCUT2D eigenvalue weighted by molar-refractivity contribution is -0.176. The SMILES string of the molecule is CC1(C)Oc2ccc(Cl)cc2C2OCC3(CCN(C(=O)Cn4ccnc4CO)CC3)CC21. The van der Waals surface area contributed by atoms with Crippen molar-refractivity contribution in [3.05, 3.63) is 47.0 Å². The van der Waals surface area contributed by atoms with Gasteiger partial charge in [0.15, 0.2) is 0 Å². The molecule has 0 saturated carbocycles. The maximum absolute atomic E-state index is 12.8. The number of aliphatic hydroxyl groups excluding tert-OH is 1. The third-order valence-electron chi connectivity index (χ3n) is 7.56. The molecule has 2 aromatic rings. The second-order valence-electron chi connectivity index (χ2n) is 9.94. The van der Waals surface area contributed by atoms with Crippen LogP contribution < -0.4 is 4.74 Å². The molecule has 0 radical (unpaired) electrons. The Kier molecular flexibility index (Phi) is 5.47. The molecule has 172 valence electrons. The summed E-state index contributed by atoms with van der Waals surface area (Å²) in [6.07, 6.45) is 6.16. The van der Waals surface area contributed by atoms with E-state index < -0.39 is 0 Å². The molecule has 2 atom stereocenters. The molecule has 2 unspecified atom stereocenters. The average Bonchev–Trinajstić information content (AvgIpc) is 3.22. The van der Waals surface area contributed by atoms with Crippen molar-refractivity contribution < 1.29 is 19.4 Å². The summed E-state index contributed by atoms with van der Waals surface area (Å²) in [5.41, 5.74) is 0.762. The summed E-state index contributed by atoms with van der Waals surface area (Å²) in [7, 11) is 0. The van der Waals surface area contributed by atoms with Crippen molar-refractivity contribution in [2.75, 3.05) is 19.7 Å². The Balaban J connectivity index is 1.27. The number of nitrogens with zero attached hydrogens (tertiary/aromatic N) is 3. The summed E-state index contributed by atoms with van der Waals surface area (Å²) in [6.45, 7) is 6.45. The molecule has 1 spiro atoms. The monoisotopic (exact) mass is 459 g/mol. The van der Waals surface area contributed by atoms with Gasteiger partial charge in [-0.15, -0.1) is 0 Å². The van der Waals surface area contributed by atoms with E-state index in [2.05, 4.69) is 18.8 Å². The van der Waals surface area contributed by atoms with E-state index in [0.717, 1.165) is 30.6 Å². The molecule has 5 rings (SSSR count). The second kappa shape index (κ2) is 8.04. The fraction of sp³-hybridized carbons (Fsp3) is 0.583. The Labute approximate surface area is 193 Å². The zero-order valence-electron chi connectivity index (χ0n) is 18.6. The van der Waals surface area contributed by atoms with Gasteiger partial charge in [-0.25, -0.2) is 4.98 Å². The first-order valence-corrected chi connectivity index (χ1v) is 11.7. The lowest BCUT2D eigenvalue weighted by atomic mass is 9.64. The van der Waals surface area contributed by atoms with E-state index in [9.17, 15) is 9.90 Å². The number of piperidine rings is 1. The van der Waals surface area contributed by atoms with Crippen molar-refractivity contribution in [3.63, 3.8) is 0 Å². The highest BCUT2D eigenvalue weighted by Gasteiger charge is 2.52. The molecule has 8 heteroatoms. The zero-order chi connectivity index (χ0) is 22.5. The van der Waals surface area contributed by atoms with Crippen molar-refractivity contribution in [2.24, 2.45) is 11.3 Å². The maximum atomic E-state index is 12.8. The molecule has 2 fully saturated rings. The number of carbonyl (C=O) groups is 1.